The zero-order valence-electron chi connectivity index (χ0n) is 17.0. The van der Waals surface area contributed by atoms with Crippen LogP contribution in [0.2, 0.25) is 0 Å². The number of fused-ring (bicyclic) bond motifs is 1. The van der Waals surface area contributed by atoms with E-state index in [0.29, 0.717) is 10.9 Å². The Hall–Kier alpha value is -2.59. The fraction of sp³-hybridized carbons (Fsp3) is 0.333. The maximum absolute atomic E-state index is 14.9. The highest BCUT2D eigenvalue weighted by atomic mass is 19.1. The highest BCUT2D eigenvalue weighted by molar-refractivity contribution is 5.85. The Morgan fingerprint density at radius 1 is 0.714 bits per heavy atom. The average molecular weight is 373 g/mol. The zero-order chi connectivity index (χ0) is 19.8. The van der Waals surface area contributed by atoms with Gasteiger partial charge in [0.1, 0.15) is 5.82 Å². The predicted octanol–water partition coefficient (Wildman–Crippen LogP) is 7.45. The minimum Gasteiger partial charge on any atom is -0.205 e. The minimum absolute atomic E-state index is 0.217. The van der Waals surface area contributed by atoms with Crippen molar-refractivity contribution >= 4 is 10.8 Å². The maximum Gasteiger partial charge on any atom is 0.146 e. The van der Waals surface area contributed by atoms with Crippen molar-refractivity contribution in [1.29, 1.82) is 0 Å². The van der Waals surface area contributed by atoms with Gasteiger partial charge in [-0.3, -0.25) is 0 Å². The van der Waals surface area contributed by atoms with Crippen molar-refractivity contribution in [2.24, 2.45) is 0 Å². The molecule has 0 saturated heterocycles. The molecule has 0 aliphatic carbocycles. The molecule has 0 atom stereocenters. The summed E-state index contributed by atoms with van der Waals surface area (Å²) >= 11 is 0. The largest absolute Gasteiger partial charge is 0.205 e. The number of unbranched alkanes of at least 4 members (excludes halogenated alkanes) is 3. The summed E-state index contributed by atoms with van der Waals surface area (Å²) in [6.07, 6.45) is 8.26. The van der Waals surface area contributed by atoms with Gasteiger partial charge in [0.25, 0.3) is 0 Å². The van der Waals surface area contributed by atoms with Crippen LogP contribution in [0.15, 0.2) is 54.6 Å². The van der Waals surface area contributed by atoms with Gasteiger partial charge in [0.05, 0.1) is 5.56 Å². The van der Waals surface area contributed by atoms with Crippen molar-refractivity contribution in [1.82, 2.24) is 0 Å². The van der Waals surface area contributed by atoms with Crippen LogP contribution in [0.25, 0.3) is 10.8 Å². The van der Waals surface area contributed by atoms with Crippen LogP contribution in [0.1, 0.15) is 68.2 Å². The molecule has 0 bridgehead atoms. The Kier molecular flexibility index (Phi) is 7.26. The van der Waals surface area contributed by atoms with E-state index >= 15 is 0 Å². The summed E-state index contributed by atoms with van der Waals surface area (Å²) in [4.78, 5) is 0. The molecule has 0 nitrogen and oxygen atoms in total. The Balaban J connectivity index is 1.77. The van der Waals surface area contributed by atoms with Crippen molar-refractivity contribution < 1.29 is 4.39 Å². The lowest BCUT2D eigenvalue weighted by Crippen LogP contribution is -1.90. The monoisotopic (exact) mass is 372 g/mol. The number of rotatable bonds is 7. The first kappa shape index (κ1) is 20.2. The summed E-state index contributed by atoms with van der Waals surface area (Å²) in [5, 5.41) is 1.61. The van der Waals surface area contributed by atoms with Crippen molar-refractivity contribution in [3.8, 4) is 11.8 Å². The Morgan fingerprint density at radius 2 is 1.50 bits per heavy atom. The topological polar surface area (TPSA) is 0 Å². The van der Waals surface area contributed by atoms with Gasteiger partial charge in [-0.15, -0.1) is 0 Å². The van der Waals surface area contributed by atoms with Gasteiger partial charge in [0.2, 0.25) is 0 Å². The lowest BCUT2D eigenvalue weighted by molar-refractivity contribution is 0.636. The van der Waals surface area contributed by atoms with Gasteiger partial charge in [-0.2, -0.15) is 0 Å². The van der Waals surface area contributed by atoms with Crippen LogP contribution in [0.4, 0.5) is 4.39 Å². The van der Waals surface area contributed by atoms with E-state index < -0.39 is 0 Å². The third kappa shape index (κ3) is 5.23. The number of hydrogen-bond acceptors (Lipinski definition) is 0. The van der Waals surface area contributed by atoms with Gasteiger partial charge >= 0.3 is 0 Å². The smallest absolute Gasteiger partial charge is 0.146 e. The molecule has 28 heavy (non-hydrogen) atoms. The van der Waals surface area contributed by atoms with Gasteiger partial charge < -0.3 is 0 Å². The summed E-state index contributed by atoms with van der Waals surface area (Å²) in [6.45, 7) is 4.40. The molecule has 0 N–H and O–H groups in total. The lowest BCUT2D eigenvalue weighted by Gasteiger charge is -2.06. The molecule has 0 spiro atoms. The van der Waals surface area contributed by atoms with Crippen LogP contribution in [0.5, 0.6) is 0 Å². The van der Waals surface area contributed by atoms with E-state index in [1.165, 1.54) is 36.8 Å². The number of hydrogen-bond donors (Lipinski definition) is 0. The molecule has 0 amide bonds. The van der Waals surface area contributed by atoms with Crippen LogP contribution < -0.4 is 0 Å². The van der Waals surface area contributed by atoms with E-state index in [1.807, 2.05) is 24.3 Å². The predicted molar refractivity (Wildman–Crippen MR) is 118 cm³/mol. The van der Waals surface area contributed by atoms with Crippen LogP contribution in [-0.2, 0) is 12.8 Å². The van der Waals surface area contributed by atoms with Gasteiger partial charge in [-0.25, -0.2) is 4.39 Å². The van der Waals surface area contributed by atoms with Crippen LogP contribution in [0.3, 0.4) is 0 Å². The molecular formula is C27H29F. The minimum atomic E-state index is -0.217. The van der Waals surface area contributed by atoms with Crippen LogP contribution >= 0.6 is 0 Å². The second-order valence-electron chi connectivity index (χ2n) is 7.49. The number of aryl methyl sites for hydroxylation is 2. The first-order valence-electron chi connectivity index (χ1n) is 10.5. The molecule has 0 unspecified atom stereocenters. The van der Waals surface area contributed by atoms with E-state index in [9.17, 15) is 4.39 Å². The summed E-state index contributed by atoms with van der Waals surface area (Å²) < 4.78 is 14.9. The highest BCUT2D eigenvalue weighted by Crippen LogP contribution is 2.23. The summed E-state index contributed by atoms with van der Waals surface area (Å²) in [6, 6.07) is 18.1. The molecule has 1 heteroatoms. The summed E-state index contributed by atoms with van der Waals surface area (Å²) in [7, 11) is 0. The van der Waals surface area contributed by atoms with Gasteiger partial charge in [0.15, 0.2) is 0 Å². The zero-order valence-corrected chi connectivity index (χ0v) is 17.0. The normalized spacial score (nSPS) is 10.7. The average Bonchev–Trinajstić information content (AvgIpc) is 2.72. The summed E-state index contributed by atoms with van der Waals surface area (Å²) in [5.41, 5.74) is 3.98. The molecule has 3 rings (SSSR count). The Bertz CT molecular complexity index is 971. The molecule has 0 fully saturated rings. The maximum atomic E-state index is 14.9. The lowest BCUT2D eigenvalue weighted by atomic mass is 10.00. The van der Waals surface area contributed by atoms with Crippen molar-refractivity contribution in [2.45, 2.75) is 58.8 Å². The molecule has 0 radical (unpaired) electrons. The Labute approximate surface area is 168 Å². The van der Waals surface area contributed by atoms with Crippen molar-refractivity contribution in [3.05, 3.63) is 82.7 Å². The van der Waals surface area contributed by atoms with E-state index in [0.717, 1.165) is 30.2 Å². The van der Waals surface area contributed by atoms with Gasteiger partial charge in [-0.05, 0) is 54.0 Å². The molecule has 0 heterocycles. The van der Waals surface area contributed by atoms with Crippen LogP contribution in [0, 0.1) is 17.7 Å². The second kappa shape index (κ2) is 10.1. The van der Waals surface area contributed by atoms with E-state index in [1.54, 1.807) is 6.07 Å². The first-order chi connectivity index (χ1) is 13.7. The fourth-order valence-corrected chi connectivity index (χ4v) is 3.53. The molecule has 0 aliphatic heterocycles. The highest BCUT2D eigenvalue weighted by Gasteiger charge is 2.06. The molecule has 0 saturated carbocycles. The number of halogens is 1. The van der Waals surface area contributed by atoms with Crippen molar-refractivity contribution in [3.63, 3.8) is 0 Å². The molecular weight excluding hydrogens is 343 g/mol. The fourth-order valence-electron chi connectivity index (χ4n) is 3.53. The Morgan fingerprint density at radius 3 is 2.25 bits per heavy atom. The molecule has 0 aliphatic rings. The van der Waals surface area contributed by atoms with Gasteiger partial charge in [0, 0.05) is 10.9 Å². The third-order valence-electron chi connectivity index (χ3n) is 5.17. The standard InChI is InChI=1S/C27H29F/c1-3-5-6-7-9-23-15-19-26-25(20-23)18-17-24(27(26)28)16-14-22-12-10-21(8-4-2)11-13-22/h10-13,15,17-20H,3-9H2,1-2H3. The molecule has 3 aromatic carbocycles. The van der Waals surface area contributed by atoms with E-state index in [2.05, 4.69) is 50.0 Å². The quantitative estimate of drug-likeness (QED) is 0.298. The van der Waals surface area contributed by atoms with Crippen LogP contribution in [-0.4, -0.2) is 0 Å². The van der Waals surface area contributed by atoms with Crippen molar-refractivity contribution in [2.75, 3.05) is 0 Å². The molecule has 3 aromatic rings. The van der Waals surface area contributed by atoms with E-state index in [4.69, 9.17) is 0 Å². The van der Waals surface area contributed by atoms with Gasteiger partial charge in [-0.1, -0.05) is 87.8 Å². The summed E-state index contributed by atoms with van der Waals surface area (Å²) in [5.74, 6) is 5.89. The SMILES string of the molecule is CCCCCCc1ccc2c(F)c(C#Cc3ccc(CCC)cc3)ccc2c1. The number of benzene rings is 3. The second-order valence-corrected chi connectivity index (χ2v) is 7.49. The third-order valence-corrected chi connectivity index (χ3v) is 5.17. The molecule has 144 valence electrons. The molecule has 0 aromatic heterocycles. The van der Waals surface area contributed by atoms with E-state index in [-0.39, 0.29) is 5.82 Å². The first-order valence-corrected chi connectivity index (χ1v) is 10.5.